The van der Waals surface area contributed by atoms with E-state index in [2.05, 4.69) is 17.3 Å². The first-order valence-electron chi connectivity index (χ1n) is 5.74. The van der Waals surface area contributed by atoms with E-state index in [0.29, 0.717) is 26.2 Å². The smallest absolute Gasteiger partial charge is 0.102 e. The van der Waals surface area contributed by atoms with Gasteiger partial charge in [0.15, 0.2) is 0 Å². The van der Waals surface area contributed by atoms with Gasteiger partial charge in [0, 0.05) is 44.4 Å². The molecule has 16 heavy (non-hydrogen) atoms. The molecule has 1 aliphatic heterocycles. The molecule has 1 atom stereocenters. The summed E-state index contributed by atoms with van der Waals surface area (Å²) in [6, 6.07) is 0. The summed E-state index contributed by atoms with van der Waals surface area (Å²) >= 11 is 0. The lowest BCUT2D eigenvalue weighted by Crippen LogP contribution is -2.40. The summed E-state index contributed by atoms with van der Waals surface area (Å²) in [4.78, 5) is 0. The van der Waals surface area contributed by atoms with Gasteiger partial charge in [-0.15, -0.1) is 0 Å². The van der Waals surface area contributed by atoms with E-state index in [1.165, 1.54) is 0 Å². The number of nitrogens with one attached hydrogen (secondary N) is 1. The van der Waals surface area contributed by atoms with Crippen molar-refractivity contribution < 1.29 is 9.84 Å². The molecular formula is C11H19N3O2. The fraction of sp³-hybridized carbons (Fsp3) is 0.727. The molecule has 0 aliphatic carbocycles. The van der Waals surface area contributed by atoms with E-state index < -0.39 is 5.60 Å². The molecule has 5 nitrogen and oxygen atoms in total. The molecule has 0 radical (unpaired) electrons. The number of aromatic nitrogens is 2. The highest BCUT2D eigenvalue weighted by atomic mass is 16.5. The van der Waals surface area contributed by atoms with Crippen molar-refractivity contribution in [3.63, 3.8) is 0 Å². The van der Waals surface area contributed by atoms with Crippen LogP contribution in [-0.4, -0.2) is 40.2 Å². The maximum Gasteiger partial charge on any atom is 0.102 e. The lowest BCUT2D eigenvalue weighted by atomic mass is 10.0. The van der Waals surface area contributed by atoms with E-state index in [1.54, 1.807) is 0 Å². The monoisotopic (exact) mass is 225 g/mol. The second-order valence-electron chi connectivity index (χ2n) is 4.33. The zero-order valence-corrected chi connectivity index (χ0v) is 9.65. The summed E-state index contributed by atoms with van der Waals surface area (Å²) in [5.41, 5.74) is 0.463. The van der Waals surface area contributed by atoms with Crippen LogP contribution in [0.3, 0.4) is 0 Å². The highest BCUT2D eigenvalue weighted by Gasteiger charge is 2.31. The average Bonchev–Trinajstić information content (AvgIpc) is 2.88. The predicted molar refractivity (Wildman–Crippen MR) is 60.0 cm³/mol. The summed E-state index contributed by atoms with van der Waals surface area (Å²) in [7, 11) is 0. The Morgan fingerprint density at radius 1 is 1.69 bits per heavy atom. The molecule has 0 amide bonds. The Kier molecular flexibility index (Phi) is 3.58. The molecule has 0 saturated carbocycles. The van der Waals surface area contributed by atoms with Crippen LogP contribution in [0.1, 0.15) is 18.9 Å². The van der Waals surface area contributed by atoms with Crippen LogP contribution in [0.4, 0.5) is 0 Å². The molecule has 0 spiro atoms. The van der Waals surface area contributed by atoms with Crippen LogP contribution in [0, 0.1) is 0 Å². The third-order valence-electron chi connectivity index (χ3n) is 2.88. The summed E-state index contributed by atoms with van der Waals surface area (Å²) in [6.45, 7) is 5.35. The predicted octanol–water partition coefficient (Wildman–Crippen LogP) is 0.144. The van der Waals surface area contributed by atoms with Gasteiger partial charge in [0.1, 0.15) is 5.60 Å². The van der Waals surface area contributed by atoms with Crippen molar-refractivity contribution >= 4 is 0 Å². The minimum absolute atomic E-state index is 0.439. The molecule has 5 heteroatoms. The van der Waals surface area contributed by atoms with E-state index in [-0.39, 0.29) is 0 Å². The molecule has 2 N–H and O–H groups in total. The quantitative estimate of drug-likeness (QED) is 0.748. The highest BCUT2D eigenvalue weighted by Crippen LogP contribution is 2.16. The van der Waals surface area contributed by atoms with Gasteiger partial charge in [0.2, 0.25) is 0 Å². The molecule has 1 fully saturated rings. The van der Waals surface area contributed by atoms with Crippen LogP contribution in [0.15, 0.2) is 12.4 Å². The summed E-state index contributed by atoms with van der Waals surface area (Å²) in [5, 5.41) is 17.4. The first-order valence-corrected chi connectivity index (χ1v) is 5.74. The van der Waals surface area contributed by atoms with Crippen molar-refractivity contribution in [2.24, 2.45) is 0 Å². The van der Waals surface area contributed by atoms with Gasteiger partial charge in [-0.2, -0.15) is 5.10 Å². The third kappa shape index (κ3) is 2.81. The Bertz CT molecular complexity index is 332. The maximum absolute atomic E-state index is 10.0. The Balaban J connectivity index is 1.75. The molecule has 1 aromatic heterocycles. The molecule has 0 aromatic carbocycles. The van der Waals surface area contributed by atoms with E-state index in [9.17, 15) is 5.11 Å². The topological polar surface area (TPSA) is 59.3 Å². The second kappa shape index (κ2) is 4.95. The van der Waals surface area contributed by atoms with E-state index in [0.717, 1.165) is 18.7 Å². The van der Waals surface area contributed by atoms with Gasteiger partial charge < -0.3 is 15.2 Å². The number of ether oxygens (including phenoxy) is 1. The van der Waals surface area contributed by atoms with Crippen LogP contribution >= 0.6 is 0 Å². The molecule has 90 valence electrons. The lowest BCUT2D eigenvalue weighted by molar-refractivity contribution is 0.0268. The van der Waals surface area contributed by atoms with Gasteiger partial charge in [0.25, 0.3) is 0 Å². The third-order valence-corrected chi connectivity index (χ3v) is 2.88. The van der Waals surface area contributed by atoms with E-state index in [4.69, 9.17) is 4.74 Å². The van der Waals surface area contributed by atoms with Crippen molar-refractivity contribution in [1.29, 1.82) is 0 Å². The van der Waals surface area contributed by atoms with Crippen LogP contribution in [0.5, 0.6) is 0 Å². The fourth-order valence-corrected chi connectivity index (χ4v) is 1.85. The molecule has 0 bridgehead atoms. The van der Waals surface area contributed by atoms with Crippen LogP contribution in [0.2, 0.25) is 0 Å². The minimum Gasteiger partial charge on any atom is -0.386 e. The number of hydrogen-bond acceptors (Lipinski definition) is 4. The van der Waals surface area contributed by atoms with Gasteiger partial charge in [-0.3, -0.25) is 4.68 Å². The maximum atomic E-state index is 10.0. The van der Waals surface area contributed by atoms with Crippen molar-refractivity contribution in [2.45, 2.75) is 32.0 Å². The molecule has 2 heterocycles. The Hall–Kier alpha value is -0.910. The minimum atomic E-state index is -0.680. The van der Waals surface area contributed by atoms with Gasteiger partial charge in [0.05, 0.1) is 12.8 Å². The number of aryl methyl sites for hydroxylation is 1. The fourth-order valence-electron chi connectivity index (χ4n) is 1.85. The lowest BCUT2D eigenvalue weighted by Gasteiger charge is -2.20. The molecular weight excluding hydrogens is 206 g/mol. The SMILES string of the molecule is CCn1cc(CNCC2(O)CCOC2)cn1. The number of hydrogen-bond donors (Lipinski definition) is 2. The number of aliphatic hydroxyl groups is 1. The first-order chi connectivity index (χ1) is 7.72. The van der Waals surface area contributed by atoms with Crippen LogP contribution < -0.4 is 5.32 Å². The molecule has 2 rings (SSSR count). The molecule has 1 saturated heterocycles. The Morgan fingerprint density at radius 3 is 3.19 bits per heavy atom. The molecule has 1 aromatic rings. The number of nitrogens with zero attached hydrogens (tertiary/aromatic N) is 2. The van der Waals surface area contributed by atoms with E-state index >= 15 is 0 Å². The van der Waals surface area contributed by atoms with E-state index in [1.807, 2.05) is 17.1 Å². The zero-order chi connectivity index (χ0) is 11.4. The van der Waals surface area contributed by atoms with Gasteiger partial charge in [-0.05, 0) is 6.92 Å². The normalized spacial score (nSPS) is 25.1. The largest absolute Gasteiger partial charge is 0.386 e. The number of rotatable bonds is 5. The van der Waals surface area contributed by atoms with Gasteiger partial charge in [-0.1, -0.05) is 0 Å². The summed E-state index contributed by atoms with van der Waals surface area (Å²) in [6.07, 6.45) is 4.59. The van der Waals surface area contributed by atoms with Crippen LogP contribution in [0.25, 0.3) is 0 Å². The van der Waals surface area contributed by atoms with Crippen LogP contribution in [-0.2, 0) is 17.8 Å². The van der Waals surface area contributed by atoms with Gasteiger partial charge >= 0.3 is 0 Å². The average molecular weight is 225 g/mol. The summed E-state index contributed by atoms with van der Waals surface area (Å²) in [5.74, 6) is 0. The van der Waals surface area contributed by atoms with Crippen molar-refractivity contribution in [2.75, 3.05) is 19.8 Å². The Labute approximate surface area is 95.4 Å². The zero-order valence-electron chi connectivity index (χ0n) is 9.65. The van der Waals surface area contributed by atoms with Crippen molar-refractivity contribution in [3.8, 4) is 0 Å². The Morgan fingerprint density at radius 2 is 2.56 bits per heavy atom. The van der Waals surface area contributed by atoms with Gasteiger partial charge in [-0.25, -0.2) is 0 Å². The van der Waals surface area contributed by atoms with Crippen molar-refractivity contribution in [1.82, 2.24) is 15.1 Å². The first kappa shape index (κ1) is 11.6. The highest BCUT2D eigenvalue weighted by molar-refractivity contribution is 5.03. The van der Waals surface area contributed by atoms with Crippen molar-refractivity contribution in [3.05, 3.63) is 18.0 Å². The molecule has 1 aliphatic rings. The standard InChI is InChI=1S/C11H19N3O2/c1-2-14-7-10(6-13-14)5-12-8-11(15)3-4-16-9-11/h6-7,12,15H,2-5,8-9H2,1H3. The summed E-state index contributed by atoms with van der Waals surface area (Å²) < 4.78 is 7.07. The second-order valence-corrected chi connectivity index (χ2v) is 4.33. The molecule has 1 unspecified atom stereocenters.